The Balaban J connectivity index is 2.93. The first-order chi connectivity index (χ1) is 6.50. The quantitative estimate of drug-likeness (QED) is 0.508. The number of hydrogen-bond donors (Lipinski definition) is 3. The summed E-state index contributed by atoms with van der Waals surface area (Å²) < 4.78 is 0. The van der Waals surface area contributed by atoms with E-state index in [1.165, 1.54) is 18.2 Å². The van der Waals surface area contributed by atoms with E-state index < -0.39 is 0 Å². The highest BCUT2D eigenvalue weighted by molar-refractivity contribution is 5.40. The van der Waals surface area contributed by atoms with Crippen molar-refractivity contribution in [2.24, 2.45) is 5.73 Å². The molecular formula is C11H15NO2. The molecule has 0 aliphatic rings. The Morgan fingerprint density at radius 2 is 2.14 bits per heavy atom. The van der Waals surface area contributed by atoms with E-state index in [0.29, 0.717) is 12.0 Å². The summed E-state index contributed by atoms with van der Waals surface area (Å²) in [5, 5.41) is 18.7. The fourth-order valence-corrected chi connectivity index (χ4v) is 1.32. The fraction of sp³-hybridized carbons (Fsp3) is 0.273. The number of phenols is 2. The molecule has 3 heteroatoms. The lowest BCUT2D eigenvalue weighted by atomic mass is 10.0. The molecule has 0 amide bonds. The smallest absolute Gasteiger partial charge is 0.120 e. The van der Waals surface area contributed by atoms with Crippen LogP contribution in [0, 0.1) is 0 Å². The summed E-state index contributed by atoms with van der Waals surface area (Å²) in [6.07, 6.45) is 0.594. The first kappa shape index (κ1) is 10.6. The van der Waals surface area contributed by atoms with Gasteiger partial charge in [0.05, 0.1) is 0 Å². The van der Waals surface area contributed by atoms with Crippen molar-refractivity contribution in [1.29, 1.82) is 0 Å². The highest BCUT2D eigenvalue weighted by Gasteiger charge is 2.11. The van der Waals surface area contributed by atoms with Crippen molar-refractivity contribution in [2.75, 3.05) is 0 Å². The third-order valence-corrected chi connectivity index (χ3v) is 1.98. The van der Waals surface area contributed by atoms with Crippen molar-refractivity contribution in [3.63, 3.8) is 0 Å². The number of nitrogens with two attached hydrogens (primary N) is 1. The Labute approximate surface area is 83.5 Å². The Hall–Kier alpha value is -1.48. The summed E-state index contributed by atoms with van der Waals surface area (Å²) >= 11 is 0. The van der Waals surface area contributed by atoms with E-state index in [9.17, 15) is 10.2 Å². The Morgan fingerprint density at radius 3 is 2.71 bits per heavy atom. The van der Waals surface area contributed by atoms with E-state index in [0.717, 1.165) is 5.57 Å². The van der Waals surface area contributed by atoms with E-state index in [-0.39, 0.29) is 17.5 Å². The maximum atomic E-state index is 9.50. The summed E-state index contributed by atoms with van der Waals surface area (Å²) in [4.78, 5) is 0. The average molecular weight is 193 g/mol. The Bertz CT molecular complexity index is 347. The van der Waals surface area contributed by atoms with Crippen LogP contribution in [-0.2, 0) is 0 Å². The second-order valence-corrected chi connectivity index (χ2v) is 3.51. The molecule has 1 aromatic rings. The highest BCUT2D eigenvalue weighted by atomic mass is 16.3. The average Bonchev–Trinajstić information content (AvgIpc) is 2.08. The number of aromatic hydroxyl groups is 2. The molecule has 0 heterocycles. The molecule has 0 aliphatic carbocycles. The normalized spacial score (nSPS) is 12.4. The Morgan fingerprint density at radius 1 is 1.50 bits per heavy atom. The van der Waals surface area contributed by atoms with Crippen LogP contribution < -0.4 is 5.73 Å². The summed E-state index contributed by atoms with van der Waals surface area (Å²) in [6.45, 7) is 5.62. The van der Waals surface area contributed by atoms with Gasteiger partial charge in [0.2, 0.25) is 0 Å². The van der Waals surface area contributed by atoms with Crippen molar-refractivity contribution in [1.82, 2.24) is 0 Å². The minimum absolute atomic E-state index is 0.106. The van der Waals surface area contributed by atoms with Gasteiger partial charge >= 0.3 is 0 Å². The van der Waals surface area contributed by atoms with Crippen LogP contribution in [0.5, 0.6) is 11.5 Å². The van der Waals surface area contributed by atoms with Crippen LogP contribution in [0.1, 0.15) is 24.9 Å². The molecule has 1 atom stereocenters. The molecule has 0 bridgehead atoms. The van der Waals surface area contributed by atoms with Gasteiger partial charge in [-0.15, -0.1) is 6.58 Å². The minimum Gasteiger partial charge on any atom is -0.508 e. The molecule has 0 spiro atoms. The van der Waals surface area contributed by atoms with Crippen LogP contribution in [0.4, 0.5) is 0 Å². The third-order valence-electron chi connectivity index (χ3n) is 1.98. The molecule has 0 fully saturated rings. The summed E-state index contributed by atoms with van der Waals surface area (Å²) in [5.41, 5.74) is 7.33. The molecule has 0 saturated heterocycles. The van der Waals surface area contributed by atoms with Crippen molar-refractivity contribution >= 4 is 0 Å². The molecule has 1 rings (SSSR count). The maximum absolute atomic E-state index is 9.50. The third kappa shape index (κ3) is 2.50. The molecule has 3 nitrogen and oxygen atoms in total. The SMILES string of the molecule is C=C(C)C[C@H](N)c1cc(O)ccc1O. The van der Waals surface area contributed by atoms with E-state index in [1.54, 1.807) is 0 Å². The number of phenolic OH excluding ortho intramolecular Hbond substituents is 2. The summed E-state index contributed by atoms with van der Waals surface area (Å²) in [6, 6.07) is 4.01. The fourth-order valence-electron chi connectivity index (χ4n) is 1.32. The molecule has 0 saturated carbocycles. The van der Waals surface area contributed by atoms with Crippen molar-refractivity contribution in [3.8, 4) is 11.5 Å². The van der Waals surface area contributed by atoms with Crippen molar-refractivity contribution in [2.45, 2.75) is 19.4 Å². The van der Waals surface area contributed by atoms with Crippen LogP contribution in [-0.4, -0.2) is 10.2 Å². The topological polar surface area (TPSA) is 66.5 Å². The first-order valence-corrected chi connectivity index (χ1v) is 4.42. The van der Waals surface area contributed by atoms with Gasteiger partial charge < -0.3 is 15.9 Å². The lowest BCUT2D eigenvalue weighted by Gasteiger charge is -2.13. The predicted molar refractivity (Wildman–Crippen MR) is 56.1 cm³/mol. The zero-order valence-electron chi connectivity index (χ0n) is 8.20. The van der Waals surface area contributed by atoms with E-state index in [2.05, 4.69) is 6.58 Å². The Kier molecular flexibility index (Phi) is 3.14. The van der Waals surface area contributed by atoms with E-state index >= 15 is 0 Å². The van der Waals surface area contributed by atoms with Crippen LogP contribution in [0.3, 0.4) is 0 Å². The van der Waals surface area contributed by atoms with Crippen LogP contribution in [0.25, 0.3) is 0 Å². The molecule has 0 aromatic heterocycles. The van der Waals surface area contributed by atoms with Gasteiger partial charge in [0, 0.05) is 11.6 Å². The summed E-state index contributed by atoms with van der Waals surface area (Å²) in [7, 11) is 0. The monoisotopic (exact) mass is 193 g/mol. The summed E-state index contributed by atoms with van der Waals surface area (Å²) in [5.74, 6) is 0.214. The van der Waals surface area contributed by atoms with Gasteiger partial charge in [-0.2, -0.15) is 0 Å². The number of benzene rings is 1. The van der Waals surface area contributed by atoms with Gasteiger partial charge in [-0.3, -0.25) is 0 Å². The first-order valence-electron chi connectivity index (χ1n) is 4.42. The van der Waals surface area contributed by atoms with Gasteiger partial charge in [0.15, 0.2) is 0 Å². The lowest BCUT2D eigenvalue weighted by molar-refractivity contribution is 0.448. The van der Waals surface area contributed by atoms with Gasteiger partial charge in [0.25, 0.3) is 0 Å². The van der Waals surface area contributed by atoms with Gasteiger partial charge in [0.1, 0.15) is 11.5 Å². The van der Waals surface area contributed by atoms with E-state index in [4.69, 9.17) is 5.73 Å². The largest absolute Gasteiger partial charge is 0.508 e. The zero-order valence-corrected chi connectivity index (χ0v) is 8.20. The van der Waals surface area contributed by atoms with Crippen LogP contribution >= 0.6 is 0 Å². The maximum Gasteiger partial charge on any atom is 0.120 e. The second kappa shape index (κ2) is 4.15. The number of hydrogen-bond acceptors (Lipinski definition) is 3. The van der Waals surface area contributed by atoms with Gasteiger partial charge in [-0.1, -0.05) is 5.57 Å². The van der Waals surface area contributed by atoms with Crippen LogP contribution in [0.15, 0.2) is 30.4 Å². The molecule has 1 aromatic carbocycles. The van der Waals surface area contributed by atoms with Crippen LogP contribution in [0.2, 0.25) is 0 Å². The minimum atomic E-state index is -0.320. The van der Waals surface area contributed by atoms with Crippen molar-refractivity contribution in [3.05, 3.63) is 35.9 Å². The molecule has 4 N–H and O–H groups in total. The molecule has 0 unspecified atom stereocenters. The zero-order chi connectivity index (χ0) is 10.7. The molecule has 0 aliphatic heterocycles. The number of rotatable bonds is 3. The lowest BCUT2D eigenvalue weighted by Crippen LogP contribution is -2.10. The van der Waals surface area contributed by atoms with Crippen molar-refractivity contribution < 1.29 is 10.2 Å². The standard InChI is InChI=1S/C11H15NO2/c1-7(2)5-10(12)9-6-8(13)3-4-11(9)14/h3-4,6,10,13-14H,1,5,12H2,2H3/t10-/m0/s1. The second-order valence-electron chi connectivity index (χ2n) is 3.51. The van der Waals surface area contributed by atoms with E-state index in [1.807, 2.05) is 6.92 Å². The molecule has 0 radical (unpaired) electrons. The van der Waals surface area contributed by atoms with Gasteiger partial charge in [-0.05, 0) is 31.5 Å². The highest BCUT2D eigenvalue weighted by Crippen LogP contribution is 2.29. The molecular weight excluding hydrogens is 178 g/mol. The molecule has 76 valence electrons. The van der Waals surface area contributed by atoms with Gasteiger partial charge in [-0.25, -0.2) is 0 Å². The predicted octanol–water partition coefficient (Wildman–Crippen LogP) is 2.06. The molecule has 14 heavy (non-hydrogen) atoms.